The number of pyridine rings is 1. The molecule has 34 heavy (non-hydrogen) atoms. The number of halogens is 1. The maximum atomic E-state index is 13.7. The third kappa shape index (κ3) is 5.66. The number of hydrogen-bond acceptors (Lipinski definition) is 6. The molecule has 0 saturated heterocycles. The summed E-state index contributed by atoms with van der Waals surface area (Å²) in [6.07, 6.45) is 1.44. The summed E-state index contributed by atoms with van der Waals surface area (Å²) in [7, 11) is 1.41. The Morgan fingerprint density at radius 3 is 2.35 bits per heavy atom. The summed E-state index contributed by atoms with van der Waals surface area (Å²) in [4.78, 5) is 18.9. The summed E-state index contributed by atoms with van der Waals surface area (Å²) in [6.45, 7) is 3.38. The average molecular weight is 501 g/mol. The lowest BCUT2D eigenvalue weighted by Crippen LogP contribution is -2.49. The second-order valence-corrected chi connectivity index (χ2v) is 9.18. The molecule has 3 rings (SSSR count). The van der Waals surface area contributed by atoms with E-state index in [2.05, 4.69) is 4.98 Å². The molecule has 0 amide bonds. The molecule has 0 unspecified atom stereocenters. The Morgan fingerprint density at radius 2 is 1.76 bits per heavy atom. The van der Waals surface area contributed by atoms with Crippen LogP contribution in [-0.4, -0.2) is 50.2 Å². The number of aromatic nitrogens is 1. The van der Waals surface area contributed by atoms with Crippen LogP contribution in [0.25, 0.3) is 0 Å². The highest BCUT2D eigenvalue weighted by Crippen LogP contribution is 2.41. The molecule has 0 fully saturated rings. The fourth-order valence-electron chi connectivity index (χ4n) is 3.60. The van der Waals surface area contributed by atoms with Crippen molar-refractivity contribution in [1.82, 2.24) is 9.88 Å². The number of aliphatic carboxylic acids is 1. The Morgan fingerprint density at radius 1 is 1.12 bits per heavy atom. The molecular weight excluding hydrogens is 475 g/mol. The number of thioether (sulfide) groups is 1. The van der Waals surface area contributed by atoms with E-state index in [9.17, 15) is 19.4 Å². The third-order valence-electron chi connectivity index (χ3n) is 5.40. The number of carboxylic acid groups (broad SMARTS) is 1. The quantitative estimate of drug-likeness (QED) is 0.302. The van der Waals surface area contributed by atoms with E-state index >= 15 is 0 Å². The SMILES string of the molecule is COc1ccnc(C(=S)N([C@@H](C)C(=O)O)[C@@H](C)[C@H](Sc2ccccc2)c2ccc(F)cc2)c1O. The molecule has 1 heterocycles. The van der Waals surface area contributed by atoms with Crippen molar-refractivity contribution in [1.29, 1.82) is 0 Å². The van der Waals surface area contributed by atoms with Crippen molar-refractivity contribution in [2.24, 2.45) is 0 Å². The van der Waals surface area contributed by atoms with Gasteiger partial charge in [0, 0.05) is 23.2 Å². The summed E-state index contributed by atoms with van der Waals surface area (Å²) < 4.78 is 18.8. The lowest BCUT2D eigenvalue weighted by Gasteiger charge is -2.39. The molecule has 9 heteroatoms. The van der Waals surface area contributed by atoms with Crippen molar-refractivity contribution in [2.75, 3.05) is 7.11 Å². The normalized spacial score (nSPS) is 13.5. The van der Waals surface area contributed by atoms with Crippen LogP contribution < -0.4 is 4.74 Å². The van der Waals surface area contributed by atoms with Crippen LogP contribution in [0.15, 0.2) is 71.8 Å². The number of thiocarbonyl (C=S) groups is 1. The minimum atomic E-state index is -1.08. The van der Waals surface area contributed by atoms with Crippen LogP contribution >= 0.6 is 24.0 Å². The fraction of sp³-hybridized carbons (Fsp3) is 0.240. The van der Waals surface area contributed by atoms with Crippen LogP contribution in [0.2, 0.25) is 0 Å². The van der Waals surface area contributed by atoms with Crippen molar-refractivity contribution >= 4 is 34.9 Å². The van der Waals surface area contributed by atoms with Gasteiger partial charge in [-0.25, -0.2) is 14.2 Å². The number of nitrogens with zero attached hydrogens (tertiary/aromatic N) is 2. The average Bonchev–Trinajstić information content (AvgIpc) is 2.83. The van der Waals surface area contributed by atoms with E-state index in [-0.39, 0.29) is 33.2 Å². The van der Waals surface area contributed by atoms with Crippen LogP contribution in [0.3, 0.4) is 0 Å². The smallest absolute Gasteiger partial charge is 0.326 e. The van der Waals surface area contributed by atoms with Crippen LogP contribution in [0, 0.1) is 5.82 Å². The zero-order chi connectivity index (χ0) is 24.8. The first-order valence-corrected chi connectivity index (χ1v) is 11.8. The van der Waals surface area contributed by atoms with Gasteiger partial charge < -0.3 is 19.8 Å². The molecule has 6 nitrogen and oxygen atoms in total. The van der Waals surface area contributed by atoms with Crippen molar-refractivity contribution in [2.45, 2.75) is 36.1 Å². The molecule has 0 spiro atoms. The number of rotatable bonds is 9. The number of benzene rings is 2. The standard InChI is InChI=1S/C25H25FN2O4S2/c1-15(23(17-9-11-18(26)12-10-17)34-19-7-5-4-6-8-19)28(16(2)25(30)31)24(33)21-22(29)20(32-3)13-14-27-21/h4-16,23,29H,1-3H3,(H,30,31)/t15-,16-,23-/m0/s1. The third-order valence-corrected chi connectivity index (χ3v) is 7.27. The summed E-state index contributed by atoms with van der Waals surface area (Å²) >= 11 is 7.19. The monoisotopic (exact) mass is 500 g/mol. The van der Waals surface area contributed by atoms with E-state index in [0.717, 1.165) is 10.5 Å². The van der Waals surface area contributed by atoms with Gasteiger partial charge in [0.1, 0.15) is 22.5 Å². The number of carbonyl (C=O) groups is 1. The molecule has 0 bridgehead atoms. The Kier molecular flexibility index (Phi) is 8.46. The van der Waals surface area contributed by atoms with Gasteiger partial charge in [0.05, 0.1) is 12.4 Å². The predicted octanol–water partition coefficient (Wildman–Crippen LogP) is 5.31. The van der Waals surface area contributed by atoms with E-state index in [1.54, 1.807) is 17.0 Å². The summed E-state index contributed by atoms with van der Waals surface area (Å²) in [5, 5.41) is 20.2. The minimum absolute atomic E-state index is 0.0527. The Balaban J connectivity index is 2.09. The zero-order valence-electron chi connectivity index (χ0n) is 18.9. The van der Waals surface area contributed by atoms with Gasteiger partial charge in [0.25, 0.3) is 0 Å². The van der Waals surface area contributed by atoms with E-state index in [1.165, 1.54) is 50.2 Å². The topological polar surface area (TPSA) is 82.9 Å². The molecule has 2 aromatic carbocycles. The Bertz CT molecular complexity index is 1150. The summed E-state index contributed by atoms with van der Waals surface area (Å²) in [6, 6.07) is 15.7. The van der Waals surface area contributed by atoms with Gasteiger partial charge in [-0.1, -0.05) is 42.5 Å². The van der Waals surface area contributed by atoms with Crippen molar-refractivity contribution < 1.29 is 24.1 Å². The number of methoxy groups -OCH3 is 1. The van der Waals surface area contributed by atoms with E-state index in [0.29, 0.717) is 0 Å². The van der Waals surface area contributed by atoms with Crippen molar-refractivity contribution in [3.05, 3.63) is 83.9 Å². The number of ether oxygens (including phenoxy) is 1. The molecule has 0 saturated carbocycles. The van der Waals surface area contributed by atoms with Gasteiger partial charge in [0.2, 0.25) is 0 Å². The summed E-state index contributed by atoms with van der Waals surface area (Å²) in [5.41, 5.74) is 0.854. The van der Waals surface area contributed by atoms with Crippen molar-refractivity contribution in [3.63, 3.8) is 0 Å². The molecule has 0 radical (unpaired) electrons. The van der Waals surface area contributed by atoms with Gasteiger partial charge in [0.15, 0.2) is 11.5 Å². The highest BCUT2D eigenvalue weighted by Gasteiger charge is 2.35. The highest BCUT2D eigenvalue weighted by molar-refractivity contribution is 7.99. The second kappa shape index (κ2) is 11.3. The fourth-order valence-corrected chi connectivity index (χ4v) is 5.30. The number of hydrogen-bond donors (Lipinski definition) is 2. The molecule has 0 aliphatic carbocycles. The molecule has 3 aromatic rings. The Hall–Kier alpha value is -3.17. The molecule has 0 aliphatic rings. The summed E-state index contributed by atoms with van der Waals surface area (Å²) in [5.74, 6) is -1.54. The largest absolute Gasteiger partial charge is 0.503 e. The van der Waals surface area contributed by atoms with Crippen LogP contribution in [-0.2, 0) is 4.79 Å². The van der Waals surface area contributed by atoms with E-state index < -0.39 is 18.1 Å². The van der Waals surface area contributed by atoms with Gasteiger partial charge in [-0.05, 0) is 43.7 Å². The molecule has 178 valence electrons. The highest BCUT2D eigenvalue weighted by atomic mass is 32.2. The maximum absolute atomic E-state index is 13.7. The van der Waals surface area contributed by atoms with Crippen LogP contribution in [0.1, 0.15) is 30.4 Å². The first kappa shape index (κ1) is 25.5. The molecular formula is C25H25FN2O4S2. The molecule has 2 N–H and O–H groups in total. The molecule has 0 aliphatic heterocycles. The number of carboxylic acids is 1. The van der Waals surface area contributed by atoms with E-state index in [1.807, 2.05) is 37.3 Å². The first-order valence-electron chi connectivity index (χ1n) is 10.5. The molecule has 3 atom stereocenters. The number of aromatic hydroxyl groups is 1. The van der Waals surface area contributed by atoms with Gasteiger partial charge in [-0.3, -0.25) is 0 Å². The van der Waals surface area contributed by atoms with Crippen molar-refractivity contribution in [3.8, 4) is 11.5 Å². The van der Waals surface area contributed by atoms with Gasteiger partial charge >= 0.3 is 5.97 Å². The lowest BCUT2D eigenvalue weighted by atomic mass is 10.0. The molecule has 1 aromatic heterocycles. The van der Waals surface area contributed by atoms with Crippen LogP contribution in [0.4, 0.5) is 4.39 Å². The van der Waals surface area contributed by atoms with Crippen LogP contribution in [0.5, 0.6) is 11.5 Å². The minimum Gasteiger partial charge on any atom is -0.503 e. The van der Waals surface area contributed by atoms with E-state index in [4.69, 9.17) is 17.0 Å². The van der Waals surface area contributed by atoms with Gasteiger partial charge in [-0.15, -0.1) is 11.8 Å². The van der Waals surface area contributed by atoms with Gasteiger partial charge in [-0.2, -0.15) is 0 Å². The Labute approximate surface area is 207 Å². The zero-order valence-corrected chi connectivity index (χ0v) is 20.5. The predicted molar refractivity (Wildman–Crippen MR) is 134 cm³/mol. The first-order chi connectivity index (χ1) is 16.2. The second-order valence-electron chi connectivity index (χ2n) is 7.58. The lowest BCUT2D eigenvalue weighted by molar-refractivity contribution is -0.141. The maximum Gasteiger partial charge on any atom is 0.326 e.